The van der Waals surface area contributed by atoms with E-state index in [0.717, 1.165) is 30.2 Å². The van der Waals surface area contributed by atoms with Crippen LogP contribution in [0.15, 0.2) is 24.3 Å². The van der Waals surface area contributed by atoms with Gasteiger partial charge >= 0.3 is 0 Å². The molecule has 25 heavy (non-hydrogen) atoms. The maximum Gasteiger partial charge on any atom is 0.264 e. The number of hydrogen-bond acceptors (Lipinski definition) is 5. The highest BCUT2D eigenvalue weighted by atomic mass is 32.2. The molecule has 1 aliphatic heterocycles. The predicted molar refractivity (Wildman–Crippen MR) is 95.6 cm³/mol. The Balaban J connectivity index is 2.02. The molecule has 7 heteroatoms. The van der Waals surface area contributed by atoms with Crippen molar-refractivity contribution < 1.29 is 22.8 Å². The average molecular weight is 369 g/mol. The highest BCUT2D eigenvalue weighted by Gasteiger charge is 2.43. The Kier molecular flexibility index (Phi) is 6.59. The number of hydroxylamine groups is 1. The zero-order valence-corrected chi connectivity index (χ0v) is 15.9. The summed E-state index contributed by atoms with van der Waals surface area (Å²) in [6.07, 6.45) is 3.83. The van der Waals surface area contributed by atoms with Crippen LogP contribution >= 0.6 is 0 Å². The molecule has 0 radical (unpaired) electrons. The van der Waals surface area contributed by atoms with E-state index in [1.807, 2.05) is 31.2 Å². The first-order chi connectivity index (χ1) is 11.7. The number of rotatable bonds is 7. The van der Waals surface area contributed by atoms with Gasteiger partial charge in [0.1, 0.15) is 4.75 Å². The van der Waals surface area contributed by atoms with Crippen LogP contribution in [-0.4, -0.2) is 38.2 Å². The summed E-state index contributed by atoms with van der Waals surface area (Å²) in [7, 11) is -3.63. The van der Waals surface area contributed by atoms with Crippen LogP contribution < -0.4 is 5.48 Å². The molecule has 0 aliphatic carbocycles. The Morgan fingerprint density at radius 1 is 1.32 bits per heavy atom. The first-order valence-corrected chi connectivity index (χ1v) is 10.4. The molecule has 1 heterocycles. The van der Waals surface area contributed by atoms with E-state index in [0.29, 0.717) is 19.4 Å². The second kappa shape index (κ2) is 8.29. The Hall–Kier alpha value is -1.44. The minimum Gasteiger partial charge on any atom is -0.350 e. The lowest BCUT2D eigenvalue weighted by molar-refractivity contribution is -0.201. The molecule has 1 saturated heterocycles. The van der Waals surface area contributed by atoms with Gasteiger partial charge in [0, 0.05) is 19.3 Å². The van der Waals surface area contributed by atoms with E-state index < -0.39 is 26.8 Å². The summed E-state index contributed by atoms with van der Waals surface area (Å²) in [5.41, 5.74) is 4.43. The molecule has 1 aromatic rings. The monoisotopic (exact) mass is 369 g/mol. The fourth-order valence-electron chi connectivity index (χ4n) is 2.64. The van der Waals surface area contributed by atoms with Gasteiger partial charge in [-0.05, 0) is 45.1 Å². The van der Waals surface area contributed by atoms with Crippen LogP contribution in [0.3, 0.4) is 0 Å². The molecule has 1 N–H and O–H groups in total. The number of carbonyl (C=O) groups excluding carboxylic acids is 1. The highest BCUT2D eigenvalue weighted by Crippen LogP contribution is 2.24. The third-order valence-corrected chi connectivity index (χ3v) is 6.76. The zero-order chi connectivity index (χ0) is 18.5. The van der Waals surface area contributed by atoms with Crippen molar-refractivity contribution in [1.82, 2.24) is 5.48 Å². The molecular weight excluding hydrogens is 342 g/mol. The van der Waals surface area contributed by atoms with Crippen LogP contribution in [0.25, 0.3) is 0 Å². The molecule has 1 amide bonds. The average Bonchev–Trinajstić information content (AvgIpc) is 2.58. The van der Waals surface area contributed by atoms with Gasteiger partial charge in [-0.2, -0.15) is 0 Å². The molecule has 0 saturated carbocycles. The van der Waals surface area contributed by atoms with Crippen molar-refractivity contribution in [3.05, 3.63) is 35.4 Å². The van der Waals surface area contributed by atoms with Gasteiger partial charge in [-0.15, -0.1) is 0 Å². The van der Waals surface area contributed by atoms with E-state index in [9.17, 15) is 13.2 Å². The van der Waals surface area contributed by atoms with Crippen molar-refractivity contribution in [2.24, 2.45) is 0 Å². The first kappa shape index (κ1) is 19.9. The zero-order valence-electron chi connectivity index (χ0n) is 15.1. The number of nitrogens with one attached hydrogen (secondary N) is 1. The summed E-state index contributed by atoms with van der Waals surface area (Å²) in [6, 6.07) is 7.83. The van der Waals surface area contributed by atoms with Crippen molar-refractivity contribution in [3.8, 4) is 0 Å². The molecule has 140 valence electrons. The summed E-state index contributed by atoms with van der Waals surface area (Å²) in [5, 5.41) is 0. The molecule has 0 spiro atoms. The number of ether oxygens (including phenoxy) is 1. The number of amides is 1. The fourth-order valence-corrected chi connectivity index (χ4v) is 3.49. The van der Waals surface area contributed by atoms with Gasteiger partial charge in [0.25, 0.3) is 5.91 Å². The highest BCUT2D eigenvalue weighted by molar-refractivity contribution is 7.92. The van der Waals surface area contributed by atoms with Gasteiger partial charge in [-0.25, -0.2) is 18.7 Å². The lowest BCUT2D eigenvalue weighted by Crippen LogP contribution is -2.51. The third-order valence-electron chi connectivity index (χ3n) is 4.73. The fraction of sp³-hybridized carbons (Fsp3) is 0.611. The van der Waals surface area contributed by atoms with Crippen molar-refractivity contribution in [1.29, 1.82) is 0 Å². The van der Waals surface area contributed by atoms with Crippen LogP contribution in [0.4, 0.5) is 0 Å². The SMILES string of the molecule is Cc1ccc(CCC(C)(C(=O)NOC2CCCCO2)S(C)(=O)=O)cc1. The Labute approximate surface area is 149 Å². The molecule has 2 unspecified atom stereocenters. The topological polar surface area (TPSA) is 81.7 Å². The second-order valence-corrected chi connectivity index (χ2v) is 9.28. The van der Waals surface area contributed by atoms with E-state index in [1.165, 1.54) is 6.92 Å². The molecule has 2 atom stereocenters. The molecular formula is C18H27NO5S. The maximum atomic E-state index is 12.6. The Bertz CT molecular complexity index is 680. The van der Waals surface area contributed by atoms with Crippen molar-refractivity contribution in [2.75, 3.05) is 12.9 Å². The Morgan fingerprint density at radius 3 is 2.56 bits per heavy atom. The standard InChI is InChI=1S/C18H27NO5S/c1-14-7-9-15(10-8-14)11-12-18(2,25(3,21)22)17(20)19-24-16-6-4-5-13-23-16/h7-10,16H,4-6,11-13H2,1-3H3,(H,19,20). The second-order valence-electron chi connectivity index (χ2n) is 6.83. The molecule has 1 aliphatic rings. The van der Waals surface area contributed by atoms with Crippen LogP contribution in [-0.2, 0) is 30.6 Å². The number of hydrogen-bond donors (Lipinski definition) is 1. The van der Waals surface area contributed by atoms with E-state index in [4.69, 9.17) is 9.57 Å². The number of benzene rings is 1. The van der Waals surface area contributed by atoms with Gasteiger partial charge < -0.3 is 4.74 Å². The third kappa shape index (κ3) is 5.26. The van der Waals surface area contributed by atoms with Gasteiger partial charge in [0.15, 0.2) is 16.1 Å². The van der Waals surface area contributed by atoms with Gasteiger partial charge in [0.2, 0.25) is 0 Å². The van der Waals surface area contributed by atoms with Gasteiger partial charge in [-0.3, -0.25) is 4.79 Å². The van der Waals surface area contributed by atoms with Gasteiger partial charge in [0.05, 0.1) is 0 Å². The van der Waals surface area contributed by atoms with E-state index in [1.54, 1.807) is 0 Å². The lowest BCUT2D eigenvalue weighted by Gasteiger charge is -2.28. The number of aryl methyl sites for hydroxylation is 2. The number of sulfone groups is 1. The minimum absolute atomic E-state index is 0.176. The normalized spacial score (nSPS) is 20.7. The molecule has 0 aromatic heterocycles. The summed E-state index contributed by atoms with van der Waals surface area (Å²) in [5.74, 6) is -0.656. The van der Waals surface area contributed by atoms with E-state index >= 15 is 0 Å². The van der Waals surface area contributed by atoms with Crippen molar-refractivity contribution in [2.45, 2.75) is 57.0 Å². The molecule has 1 fully saturated rings. The molecule has 1 aromatic carbocycles. The largest absolute Gasteiger partial charge is 0.350 e. The smallest absolute Gasteiger partial charge is 0.264 e. The Morgan fingerprint density at radius 2 is 2.00 bits per heavy atom. The van der Waals surface area contributed by atoms with Crippen LogP contribution in [0.1, 0.15) is 43.7 Å². The lowest BCUT2D eigenvalue weighted by atomic mass is 9.99. The molecule has 2 rings (SSSR count). The summed E-state index contributed by atoms with van der Waals surface area (Å²) < 4.78 is 28.4. The van der Waals surface area contributed by atoms with E-state index in [-0.39, 0.29) is 6.42 Å². The predicted octanol–water partition coefficient (Wildman–Crippen LogP) is 2.31. The van der Waals surface area contributed by atoms with Crippen LogP contribution in [0, 0.1) is 6.92 Å². The van der Waals surface area contributed by atoms with Gasteiger partial charge in [-0.1, -0.05) is 29.8 Å². The summed E-state index contributed by atoms with van der Waals surface area (Å²) in [4.78, 5) is 17.8. The maximum absolute atomic E-state index is 12.6. The molecule has 6 nitrogen and oxygen atoms in total. The quantitative estimate of drug-likeness (QED) is 0.746. The first-order valence-electron chi connectivity index (χ1n) is 8.55. The van der Waals surface area contributed by atoms with Crippen LogP contribution in [0.2, 0.25) is 0 Å². The molecule has 0 bridgehead atoms. The van der Waals surface area contributed by atoms with Crippen molar-refractivity contribution in [3.63, 3.8) is 0 Å². The number of carbonyl (C=O) groups is 1. The summed E-state index contributed by atoms with van der Waals surface area (Å²) >= 11 is 0. The minimum atomic E-state index is -3.63. The van der Waals surface area contributed by atoms with E-state index in [2.05, 4.69) is 5.48 Å². The summed E-state index contributed by atoms with van der Waals surface area (Å²) in [6.45, 7) is 4.01. The van der Waals surface area contributed by atoms with Crippen LogP contribution in [0.5, 0.6) is 0 Å². The van der Waals surface area contributed by atoms with Crippen molar-refractivity contribution >= 4 is 15.7 Å².